The maximum absolute atomic E-state index is 12.8. The van der Waals surface area contributed by atoms with Crippen LogP contribution in [0.1, 0.15) is 183 Å². The molecular formula is C48H80O2. The molecule has 10 atom stereocenters. The molecule has 0 radical (unpaired) electrons. The van der Waals surface area contributed by atoms with Gasteiger partial charge in [-0.25, -0.2) is 0 Å². The van der Waals surface area contributed by atoms with E-state index < -0.39 is 0 Å². The van der Waals surface area contributed by atoms with Crippen molar-refractivity contribution < 1.29 is 9.53 Å². The molecule has 0 aromatic heterocycles. The van der Waals surface area contributed by atoms with E-state index in [1.54, 1.807) is 0 Å². The first kappa shape index (κ1) is 41.2. The van der Waals surface area contributed by atoms with Crippen LogP contribution in [0.4, 0.5) is 0 Å². The van der Waals surface area contributed by atoms with Gasteiger partial charge in [-0.2, -0.15) is 0 Å². The number of hydrogen-bond acceptors (Lipinski definition) is 2. The van der Waals surface area contributed by atoms with Crippen molar-refractivity contribution in [3.8, 4) is 0 Å². The summed E-state index contributed by atoms with van der Waals surface area (Å²) in [7, 11) is 0. The van der Waals surface area contributed by atoms with Gasteiger partial charge < -0.3 is 4.74 Å². The minimum atomic E-state index is 0.0329. The van der Waals surface area contributed by atoms with Crippen LogP contribution in [0.15, 0.2) is 48.6 Å². The fraction of sp³-hybridized carbons (Fsp3) is 0.812. The van der Waals surface area contributed by atoms with E-state index >= 15 is 0 Å². The lowest BCUT2D eigenvalue weighted by Gasteiger charge is -2.61. The largest absolute Gasteiger partial charge is 0.462 e. The summed E-state index contributed by atoms with van der Waals surface area (Å²) < 4.78 is 6.15. The van der Waals surface area contributed by atoms with Gasteiger partial charge >= 0.3 is 5.97 Å². The van der Waals surface area contributed by atoms with Gasteiger partial charge in [-0.05, 0) is 161 Å². The Labute approximate surface area is 310 Å². The van der Waals surface area contributed by atoms with Crippen LogP contribution in [0, 0.1) is 58.2 Å². The summed E-state index contributed by atoms with van der Waals surface area (Å²) >= 11 is 0. The Bertz CT molecular complexity index is 1110. The number of carbonyl (C=O) groups is 1. The molecular weight excluding hydrogens is 609 g/mol. The third-order valence-corrected chi connectivity index (χ3v) is 15.1. The van der Waals surface area contributed by atoms with Gasteiger partial charge in [0.2, 0.25) is 0 Å². The van der Waals surface area contributed by atoms with Crippen molar-refractivity contribution in [2.45, 2.75) is 189 Å². The van der Waals surface area contributed by atoms with Crippen LogP contribution < -0.4 is 0 Å². The van der Waals surface area contributed by atoms with Gasteiger partial charge in [0, 0.05) is 6.42 Å². The molecule has 0 bridgehead atoms. The lowest BCUT2D eigenvalue weighted by atomic mass is 9.44. The second kappa shape index (κ2) is 20.6. The van der Waals surface area contributed by atoms with Gasteiger partial charge in [0.15, 0.2) is 0 Å². The Morgan fingerprint density at radius 1 is 0.700 bits per heavy atom. The molecule has 0 saturated heterocycles. The molecule has 4 fully saturated rings. The minimum absolute atomic E-state index is 0.0329. The Kier molecular flexibility index (Phi) is 17.0. The standard InChI is InChI=1S/C48H80O2/c1-8-9-10-11-12-13-14-15-16-17-18-19-20-21-22-23-24-25-46(49)50-41-32-34-47(6)40(36-41)28-29-42-44-31-30-43(48(44,7)35-33-45(42)47)39(5)27-26-38(4)37(2)3/h12-13,15-16,18-19,21-22,37-45H,8-11,14,17,20,23-36H2,1-7H3/b13-12-,16-15-,19-18-,22-21-/t38-,39+,40?,41?,42-,43+,44-,45-,47-,48+/m0/s1. The highest BCUT2D eigenvalue weighted by Gasteiger charge is 2.60. The molecule has 2 unspecified atom stereocenters. The molecule has 4 saturated carbocycles. The first-order chi connectivity index (χ1) is 24.1. The molecule has 0 aliphatic heterocycles. The molecule has 0 spiro atoms. The van der Waals surface area contributed by atoms with Crippen molar-refractivity contribution in [1.29, 1.82) is 0 Å². The van der Waals surface area contributed by atoms with E-state index in [4.69, 9.17) is 4.74 Å². The minimum Gasteiger partial charge on any atom is -0.462 e. The van der Waals surface area contributed by atoms with Crippen molar-refractivity contribution in [2.75, 3.05) is 0 Å². The van der Waals surface area contributed by atoms with Crippen LogP contribution in [0.3, 0.4) is 0 Å². The normalized spacial score (nSPS) is 34.1. The molecule has 2 nitrogen and oxygen atoms in total. The number of unbranched alkanes of at least 4 members (excludes halogenated alkanes) is 4. The molecule has 4 rings (SSSR count). The van der Waals surface area contributed by atoms with E-state index in [1.807, 2.05) is 0 Å². The smallest absolute Gasteiger partial charge is 0.306 e. The lowest BCUT2D eigenvalue weighted by molar-refractivity contribution is -0.162. The van der Waals surface area contributed by atoms with Crippen LogP contribution in [0.2, 0.25) is 0 Å². The number of fused-ring (bicyclic) bond motifs is 5. The topological polar surface area (TPSA) is 26.3 Å². The Hall–Kier alpha value is -1.57. The molecule has 2 heteroatoms. The van der Waals surface area contributed by atoms with E-state index in [2.05, 4.69) is 97.1 Å². The monoisotopic (exact) mass is 689 g/mol. The Balaban J connectivity index is 1.12. The van der Waals surface area contributed by atoms with Gasteiger partial charge in [-0.15, -0.1) is 0 Å². The number of ether oxygens (including phenoxy) is 1. The summed E-state index contributed by atoms with van der Waals surface area (Å²) in [4.78, 5) is 12.8. The average molecular weight is 689 g/mol. The van der Waals surface area contributed by atoms with Crippen LogP contribution in [0.5, 0.6) is 0 Å². The van der Waals surface area contributed by atoms with E-state index in [-0.39, 0.29) is 12.1 Å². The molecule has 4 aliphatic carbocycles. The summed E-state index contributed by atoms with van der Waals surface area (Å²) in [5.74, 6) is 6.97. The van der Waals surface area contributed by atoms with Crippen molar-refractivity contribution >= 4 is 5.97 Å². The summed E-state index contributed by atoms with van der Waals surface area (Å²) in [5, 5.41) is 0. The SMILES string of the molecule is CCCCC/C=C\C/C=C\C/C=C\C/C=C\CCCC(=O)OC1CC[C@@]2(C)C(CC[C@H]3[C@@H]4CC[C@H]([C@H](C)CC[C@H](C)C(C)C)[C@@]4(C)CC[C@@H]32)C1. The highest BCUT2D eigenvalue weighted by Crippen LogP contribution is 2.68. The zero-order chi connectivity index (χ0) is 36.0. The molecule has 0 amide bonds. The van der Waals surface area contributed by atoms with Gasteiger partial charge in [-0.1, -0.05) is 123 Å². The molecule has 0 heterocycles. The van der Waals surface area contributed by atoms with Crippen molar-refractivity contribution in [3.05, 3.63) is 48.6 Å². The molecule has 50 heavy (non-hydrogen) atoms. The third-order valence-electron chi connectivity index (χ3n) is 15.1. The van der Waals surface area contributed by atoms with Crippen LogP contribution >= 0.6 is 0 Å². The third kappa shape index (κ3) is 11.2. The van der Waals surface area contributed by atoms with Gasteiger partial charge in [0.05, 0.1) is 0 Å². The van der Waals surface area contributed by atoms with Gasteiger partial charge in [0.1, 0.15) is 6.10 Å². The first-order valence-electron chi connectivity index (χ1n) is 21.9. The lowest BCUT2D eigenvalue weighted by Crippen LogP contribution is -2.54. The van der Waals surface area contributed by atoms with Crippen LogP contribution in [0.25, 0.3) is 0 Å². The van der Waals surface area contributed by atoms with Crippen LogP contribution in [-0.2, 0) is 9.53 Å². The van der Waals surface area contributed by atoms with Crippen LogP contribution in [-0.4, -0.2) is 12.1 Å². The number of rotatable bonds is 20. The highest BCUT2D eigenvalue weighted by atomic mass is 16.5. The van der Waals surface area contributed by atoms with E-state index in [9.17, 15) is 4.79 Å². The quantitative estimate of drug-likeness (QED) is 0.0723. The Morgan fingerprint density at radius 2 is 1.32 bits per heavy atom. The molecule has 4 aliphatic rings. The summed E-state index contributed by atoms with van der Waals surface area (Å²) in [5.41, 5.74) is 1.01. The van der Waals surface area contributed by atoms with Crippen molar-refractivity contribution in [3.63, 3.8) is 0 Å². The van der Waals surface area contributed by atoms with Crippen molar-refractivity contribution in [1.82, 2.24) is 0 Å². The molecule has 0 N–H and O–H groups in total. The first-order valence-corrected chi connectivity index (χ1v) is 21.9. The predicted octanol–water partition coefficient (Wildman–Crippen LogP) is 14.4. The zero-order valence-electron chi connectivity index (χ0n) is 34.0. The zero-order valence-corrected chi connectivity index (χ0v) is 34.0. The molecule has 0 aromatic rings. The number of hydrogen-bond donors (Lipinski definition) is 0. The van der Waals surface area contributed by atoms with E-state index in [1.165, 1.54) is 83.5 Å². The summed E-state index contributed by atoms with van der Waals surface area (Å²) in [6.45, 7) is 17.5. The predicted molar refractivity (Wildman–Crippen MR) is 216 cm³/mol. The van der Waals surface area contributed by atoms with Gasteiger partial charge in [0.25, 0.3) is 0 Å². The number of carbonyl (C=O) groups excluding carboxylic acids is 1. The highest BCUT2D eigenvalue weighted by molar-refractivity contribution is 5.69. The second-order valence-electron chi connectivity index (χ2n) is 18.5. The number of allylic oxidation sites excluding steroid dienone is 8. The maximum Gasteiger partial charge on any atom is 0.306 e. The summed E-state index contributed by atoms with van der Waals surface area (Å²) in [6.07, 6.45) is 43.7. The van der Waals surface area contributed by atoms with E-state index in [0.717, 1.165) is 92.3 Å². The maximum atomic E-state index is 12.8. The summed E-state index contributed by atoms with van der Waals surface area (Å²) in [6, 6.07) is 0. The Morgan fingerprint density at radius 3 is 1.98 bits per heavy atom. The van der Waals surface area contributed by atoms with E-state index in [0.29, 0.717) is 17.3 Å². The molecule has 0 aromatic carbocycles. The van der Waals surface area contributed by atoms with Crippen molar-refractivity contribution in [2.24, 2.45) is 58.2 Å². The van der Waals surface area contributed by atoms with Gasteiger partial charge in [-0.3, -0.25) is 4.79 Å². The molecule has 284 valence electrons. The fourth-order valence-electron chi connectivity index (χ4n) is 11.5. The average Bonchev–Trinajstić information content (AvgIpc) is 3.45. The number of esters is 1. The second-order valence-corrected chi connectivity index (χ2v) is 18.5. The fourth-order valence-corrected chi connectivity index (χ4v) is 11.5.